The normalized spacial score (nSPS) is 11.9. The van der Waals surface area contributed by atoms with Crippen molar-refractivity contribution in [2.24, 2.45) is 10.3 Å². The van der Waals surface area contributed by atoms with E-state index in [-0.39, 0.29) is 35.3 Å². The summed E-state index contributed by atoms with van der Waals surface area (Å²) in [4.78, 5) is 24.5. The molecule has 0 saturated carbocycles. The van der Waals surface area contributed by atoms with Crippen molar-refractivity contribution in [2.45, 2.75) is 13.8 Å². The molecule has 0 fully saturated rings. The maximum absolute atomic E-state index is 12.8. The molecule has 0 unspecified atom stereocenters. The van der Waals surface area contributed by atoms with Crippen LogP contribution in [0.3, 0.4) is 0 Å². The lowest BCUT2D eigenvalue weighted by Gasteiger charge is -2.06. The molecule has 0 saturated heterocycles. The van der Waals surface area contributed by atoms with Gasteiger partial charge in [-0.15, -0.1) is 5.10 Å². The summed E-state index contributed by atoms with van der Waals surface area (Å²) in [6.07, 6.45) is 0. The van der Waals surface area contributed by atoms with Crippen molar-refractivity contribution in [1.82, 2.24) is 30.7 Å². The molecular weight excluding hydrogens is 410 g/mol. The van der Waals surface area contributed by atoms with E-state index >= 15 is 0 Å². The molecule has 31 heavy (non-hydrogen) atoms. The minimum Gasteiger partial charge on any atom is -0.461 e. The lowest BCUT2D eigenvalue weighted by atomic mass is 10.1. The van der Waals surface area contributed by atoms with Crippen LogP contribution in [0.4, 0.5) is 5.82 Å². The fourth-order valence-electron chi connectivity index (χ4n) is 2.48. The molecule has 1 amide bonds. The summed E-state index contributed by atoms with van der Waals surface area (Å²) < 4.78 is 10.6. The first-order chi connectivity index (χ1) is 15.0. The Hall–Kier alpha value is -4.62. The van der Waals surface area contributed by atoms with Crippen molar-refractivity contribution < 1.29 is 24.2 Å². The van der Waals surface area contributed by atoms with Crippen molar-refractivity contribution in [3.8, 4) is 17.1 Å². The van der Waals surface area contributed by atoms with Gasteiger partial charge in [0.05, 0.1) is 12.3 Å². The Morgan fingerprint density at radius 1 is 1.29 bits per heavy atom. The van der Waals surface area contributed by atoms with E-state index in [1.165, 1.54) is 11.6 Å². The van der Waals surface area contributed by atoms with E-state index in [4.69, 9.17) is 15.7 Å². The van der Waals surface area contributed by atoms with E-state index in [2.05, 4.69) is 40.9 Å². The number of benzene rings is 1. The minimum atomic E-state index is -0.898. The van der Waals surface area contributed by atoms with Gasteiger partial charge in [-0.05, 0) is 24.2 Å². The highest BCUT2D eigenvalue weighted by Crippen LogP contribution is 2.26. The number of anilines is 1. The number of hydrogen-bond acceptors (Lipinski definition) is 12. The number of nitrogens with one attached hydrogen (secondary N) is 1. The Balaban J connectivity index is 1.96. The van der Waals surface area contributed by atoms with E-state index in [1.54, 1.807) is 37.3 Å². The highest BCUT2D eigenvalue weighted by molar-refractivity contribution is 6.65. The van der Waals surface area contributed by atoms with Gasteiger partial charge in [0.15, 0.2) is 5.69 Å². The number of nitrogens with two attached hydrogens (primary N) is 1. The number of oxime groups is 1. The highest BCUT2D eigenvalue weighted by Gasteiger charge is 2.25. The van der Waals surface area contributed by atoms with Crippen molar-refractivity contribution >= 4 is 29.1 Å². The summed E-state index contributed by atoms with van der Waals surface area (Å²) in [6.45, 7) is 3.01. The Bertz CT molecular complexity index is 1150. The summed E-state index contributed by atoms with van der Waals surface area (Å²) in [6, 6.07) is 8.75. The number of nitrogen functional groups attached to an aromatic ring is 1. The largest absolute Gasteiger partial charge is 0.461 e. The van der Waals surface area contributed by atoms with Gasteiger partial charge < -0.3 is 15.7 Å². The molecule has 0 aliphatic heterocycles. The number of carbonyl (C=O) groups is 2. The van der Waals surface area contributed by atoms with E-state index in [0.29, 0.717) is 5.56 Å². The first-order valence-electron chi connectivity index (χ1n) is 8.81. The van der Waals surface area contributed by atoms with E-state index in [1.807, 2.05) is 0 Å². The zero-order chi connectivity index (χ0) is 22.4. The lowest BCUT2D eigenvalue weighted by molar-refractivity contribution is -0.134. The monoisotopic (exact) mass is 427 g/mol. The number of aromatic nitrogens is 5. The molecule has 0 atom stereocenters. The van der Waals surface area contributed by atoms with Crippen LogP contribution in [0.25, 0.3) is 17.1 Å². The molecule has 3 aromatic rings. The third-order valence-electron chi connectivity index (χ3n) is 3.87. The van der Waals surface area contributed by atoms with Crippen LogP contribution in [-0.2, 0) is 9.53 Å². The molecule has 0 aliphatic rings. The summed E-state index contributed by atoms with van der Waals surface area (Å²) >= 11 is 0. The number of hydrazone groups is 1. The van der Waals surface area contributed by atoms with Gasteiger partial charge in [-0.3, -0.25) is 4.79 Å². The number of ether oxygens (including phenoxy) is 1. The third kappa shape index (κ3) is 4.36. The van der Waals surface area contributed by atoms with Gasteiger partial charge in [0.1, 0.15) is 5.69 Å². The second-order valence-electron chi connectivity index (χ2n) is 5.84. The molecule has 4 N–H and O–H groups in total. The quantitative estimate of drug-likeness (QED) is 0.205. The molecule has 14 nitrogen and oxygen atoms in total. The molecule has 0 spiro atoms. The summed E-state index contributed by atoms with van der Waals surface area (Å²) in [5, 5.41) is 30.7. The van der Waals surface area contributed by atoms with Gasteiger partial charge in [-0.2, -0.15) is 9.78 Å². The maximum Gasteiger partial charge on any atom is 0.362 e. The average molecular weight is 427 g/mol. The van der Waals surface area contributed by atoms with Crippen LogP contribution < -0.4 is 11.2 Å². The van der Waals surface area contributed by atoms with Crippen LogP contribution in [-0.4, -0.2) is 60.4 Å². The first kappa shape index (κ1) is 21.1. The highest BCUT2D eigenvalue weighted by atomic mass is 16.6. The third-order valence-corrected chi connectivity index (χ3v) is 3.87. The van der Waals surface area contributed by atoms with Gasteiger partial charge in [-0.1, -0.05) is 40.7 Å². The van der Waals surface area contributed by atoms with Gasteiger partial charge in [0, 0.05) is 5.56 Å². The number of hydrogen-bond donors (Lipinski definition) is 3. The molecule has 2 aromatic heterocycles. The van der Waals surface area contributed by atoms with E-state index in [0.717, 1.165) is 0 Å². The molecule has 14 heteroatoms. The predicted molar refractivity (Wildman–Crippen MR) is 105 cm³/mol. The summed E-state index contributed by atoms with van der Waals surface area (Å²) in [5.74, 6) is -1.67. The number of carbonyl (C=O) groups excluding carboxylic acids is 2. The predicted octanol–water partition coefficient (Wildman–Crippen LogP) is 0.399. The Morgan fingerprint density at radius 2 is 2.03 bits per heavy atom. The van der Waals surface area contributed by atoms with Crippen molar-refractivity contribution in [1.29, 1.82) is 0 Å². The van der Waals surface area contributed by atoms with Crippen LogP contribution >= 0.6 is 0 Å². The second kappa shape index (κ2) is 9.25. The van der Waals surface area contributed by atoms with Crippen LogP contribution in [0.2, 0.25) is 0 Å². The molecule has 0 bridgehead atoms. The number of rotatable bonds is 7. The van der Waals surface area contributed by atoms with Gasteiger partial charge >= 0.3 is 5.97 Å². The summed E-state index contributed by atoms with van der Waals surface area (Å²) in [5.41, 5.74) is 8.13. The van der Waals surface area contributed by atoms with Crippen LogP contribution in [0.1, 0.15) is 24.3 Å². The van der Waals surface area contributed by atoms with Crippen LogP contribution in [0, 0.1) is 0 Å². The number of esters is 1. The van der Waals surface area contributed by atoms with Gasteiger partial charge in [0.25, 0.3) is 5.91 Å². The Morgan fingerprint density at radius 3 is 2.65 bits per heavy atom. The molecule has 0 aliphatic carbocycles. The molecule has 0 radical (unpaired) electrons. The summed E-state index contributed by atoms with van der Waals surface area (Å²) in [7, 11) is 0. The zero-order valence-electron chi connectivity index (χ0n) is 16.4. The first-order valence-corrected chi connectivity index (χ1v) is 8.81. The van der Waals surface area contributed by atoms with Gasteiger partial charge in [-0.25, -0.2) is 14.8 Å². The van der Waals surface area contributed by atoms with Crippen LogP contribution in [0.15, 0.2) is 45.2 Å². The smallest absolute Gasteiger partial charge is 0.362 e. The van der Waals surface area contributed by atoms with Crippen molar-refractivity contribution in [2.75, 3.05) is 12.3 Å². The molecular formula is C17H17N9O5. The minimum absolute atomic E-state index is 0.0436. The molecule has 1 aromatic carbocycles. The van der Waals surface area contributed by atoms with Crippen molar-refractivity contribution in [3.63, 3.8) is 0 Å². The fourth-order valence-corrected chi connectivity index (χ4v) is 2.48. The van der Waals surface area contributed by atoms with E-state index < -0.39 is 17.6 Å². The average Bonchev–Trinajstić information content (AvgIpc) is 3.39. The molecule has 3 rings (SSSR count). The SMILES string of the molecule is CCOC(=O)C(=N\O)/C(C)=N\NC(=O)c1nnn(-c2nonc2N)c1-c1ccccc1. The Kier molecular flexibility index (Phi) is 6.30. The van der Waals surface area contributed by atoms with Crippen LogP contribution in [0.5, 0.6) is 0 Å². The second-order valence-corrected chi connectivity index (χ2v) is 5.84. The lowest BCUT2D eigenvalue weighted by Crippen LogP contribution is -2.28. The molecule has 2 heterocycles. The maximum atomic E-state index is 12.8. The van der Waals surface area contributed by atoms with E-state index in [9.17, 15) is 9.59 Å². The molecule has 160 valence electrons. The number of amides is 1. The van der Waals surface area contributed by atoms with Gasteiger partial charge in [0.2, 0.25) is 17.3 Å². The fraction of sp³-hybridized carbons (Fsp3) is 0.176. The zero-order valence-corrected chi connectivity index (χ0v) is 16.4. The topological polar surface area (TPSA) is 196 Å². The standard InChI is InChI=1S/C17H17N9O5/c1-3-30-17(28)11(22-29)9(2)19-21-16(27)12-13(10-7-5-4-6-8-10)26(25-20-12)15-14(18)23-31-24-15/h4-8,29H,3H2,1-2H3,(H2,18,23)(H,21,27)/b19-9-,22-11-. The van der Waals surface area contributed by atoms with Crippen molar-refractivity contribution in [3.05, 3.63) is 36.0 Å². The Labute approximate surface area is 174 Å². The number of nitrogens with zero attached hydrogens (tertiary/aromatic N) is 7.